The van der Waals surface area contributed by atoms with E-state index in [-0.39, 0.29) is 18.2 Å². The Bertz CT molecular complexity index is 111. The van der Waals surface area contributed by atoms with Crippen LogP contribution in [-0.2, 0) is 4.74 Å². The van der Waals surface area contributed by atoms with Crippen molar-refractivity contribution >= 4 is 0 Å². The van der Waals surface area contributed by atoms with Gasteiger partial charge in [-0.15, -0.1) is 0 Å². The molecular weight excluding hydrogens is 154 g/mol. The van der Waals surface area contributed by atoms with Gasteiger partial charge in [-0.2, -0.15) is 0 Å². The van der Waals surface area contributed by atoms with E-state index in [9.17, 15) is 0 Å². The largest absolute Gasteiger partial charge is 0.396 e. The highest BCUT2D eigenvalue weighted by Gasteiger charge is 2.29. The standard InChI is InChI=1S/C9H21NO2/c1-5-10-9(3,6-7-11)8(2)12-4/h8,10-11H,5-7H2,1-4H3. The van der Waals surface area contributed by atoms with E-state index < -0.39 is 0 Å². The summed E-state index contributed by atoms with van der Waals surface area (Å²) in [5, 5.41) is 12.2. The van der Waals surface area contributed by atoms with Gasteiger partial charge in [0.15, 0.2) is 0 Å². The molecule has 0 fully saturated rings. The van der Waals surface area contributed by atoms with Gasteiger partial charge >= 0.3 is 0 Å². The van der Waals surface area contributed by atoms with Crippen molar-refractivity contribution in [3.8, 4) is 0 Å². The van der Waals surface area contributed by atoms with Gasteiger partial charge in [0, 0.05) is 19.3 Å². The summed E-state index contributed by atoms with van der Waals surface area (Å²) >= 11 is 0. The molecule has 0 saturated heterocycles. The molecule has 0 heterocycles. The Morgan fingerprint density at radius 3 is 2.50 bits per heavy atom. The summed E-state index contributed by atoms with van der Waals surface area (Å²) in [6, 6.07) is 0. The topological polar surface area (TPSA) is 41.5 Å². The summed E-state index contributed by atoms with van der Waals surface area (Å²) in [4.78, 5) is 0. The van der Waals surface area contributed by atoms with Crippen LogP contribution in [0.2, 0.25) is 0 Å². The van der Waals surface area contributed by atoms with Gasteiger partial charge in [-0.3, -0.25) is 0 Å². The van der Waals surface area contributed by atoms with Crippen molar-refractivity contribution in [1.82, 2.24) is 5.32 Å². The molecule has 2 atom stereocenters. The van der Waals surface area contributed by atoms with Crippen molar-refractivity contribution in [3.05, 3.63) is 0 Å². The van der Waals surface area contributed by atoms with E-state index in [4.69, 9.17) is 9.84 Å². The van der Waals surface area contributed by atoms with Crippen LogP contribution in [0.15, 0.2) is 0 Å². The molecule has 12 heavy (non-hydrogen) atoms. The molecule has 2 N–H and O–H groups in total. The average Bonchev–Trinajstić information content (AvgIpc) is 2.04. The number of methoxy groups -OCH3 is 1. The maximum Gasteiger partial charge on any atom is 0.0722 e. The molecule has 3 nitrogen and oxygen atoms in total. The average molecular weight is 175 g/mol. The van der Waals surface area contributed by atoms with Crippen molar-refractivity contribution in [1.29, 1.82) is 0 Å². The van der Waals surface area contributed by atoms with Crippen LogP contribution < -0.4 is 5.32 Å². The van der Waals surface area contributed by atoms with Crippen molar-refractivity contribution in [2.75, 3.05) is 20.3 Å². The van der Waals surface area contributed by atoms with Gasteiger partial charge in [0.05, 0.1) is 6.10 Å². The number of aliphatic hydroxyl groups excluding tert-OH is 1. The van der Waals surface area contributed by atoms with E-state index >= 15 is 0 Å². The molecule has 3 heteroatoms. The monoisotopic (exact) mass is 175 g/mol. The Balaban J connectivity index is 4.15. The normalized spacial score (nSPS) is 18.8. The molecule has 0 aromatic rings. The van der Waals surface area contributed by atoms with E-state index in [1.165, 1.54) is 0 Å². The number of rotatable bonds is 6. The second-order valence-corrected chi connectivity index (χ2v) is 3.30. The lowest BCUT2D eigenvalue weighted by atomic mass is 9.92. The van der Waals surface area contributed by atoms with Crippen molar-refractivity contribution in [2.24, 2.45) is 0 Å². The van der Waals surface area contributed by atoms with Gasteiger partial charge in [0.25, 0.3) is 0 Å². The van der Waals surface area contributed by atoms with Gasteiger partial charge < -0.3 is 15.2 Å². The van der Waals surface area contributed by atoms with Gasteiger partial charge in [-0.05, 0) is 26.8 Å². The Morgan fingerprint density at radius 1 is 1.58 bits per heavy atom. The maximum atomic E-state index is 8.88. The fraction of sp³-hybridized carbons (Fsp3) is 1.00. The second-order valence-electron chi connectivity index (χ2n) is 3.30. The van der Waals surface area contributed by atoms with Crippen molar-refractivity contribution < 1.29 is 9.84 Å². The van der Waals surface area contributed by atoms with E-state index in [1.54, 1.807) is 7.11 Å². The molecule has 0 rings (SSSR count). The zero-order valence-electron chi connectivity index (χ0n) is 8.55. The fourth-order valence-electron chi connectivity index (χ4n) is 1.33. The lowest BCUT2D eigenvalue weighted by molar-refractivity contribution is 0.0263. The minimum atomic E-state index is -0.113. The van der Waals surface area contributed by atoms with Gasteiger partial charge in [0.2, 0.25) is 0 Å². The van der Waals surface area contributed by atoms with Gasteiger partial charge in [-0.25, -0.2) is 0 Å². The van der Waals surface area contributed by atoms with E-state index in [2.05, 4.69) is 19.2 Å². The second kappa shape index (κ2) is 5.51. The molecule has 0 spiro atoms. The van der Waals surface area contributed by atoms with Crippen LogP contribution in [0.5, 0.6) is 0 Å². The smallest absolute Gasteiger partial charge is 0.0722 e. The molecule has 0 aromatic carbocycles. The third-order valence-electron chi connectivity index (χ3n) is 2.46. The third kappa shape index (κ3) is 3.09. The quantitative estimate of drug-likeness (QED) is 0.626. The van der Waals surface area contributed by atoms with Crippen molar-refractivity contribution in [3.63, 3.8) is 0 Å². The summed E-state index contributed by atoms with van der Waals surface area (Å²) in [6.45, 7) is 7.22. The molecule has 2 unspecified atom stereocenters. The Kier molecular flexibility index (Phi) is 5.46. The molecule has 0 aliphatic heterocycles. The Labute approximate surface area is 75.1 Å². The first-order valence-corrected chi connectivity index (χ1v) is 4.49. The molecule has 0 amide bonds. The highest BCUT2D eigenvalue weighted by molar-refractivity contribution is 4.88. The predicted molar refractivity (Wildman–Crippen MR) is 50.3 cm³/mol. The first kappa shape index (κ1) is 11.9. The first-order chi connectivity index (χ1) is 5.60. The molecule has 74 valence electrons. The first-order valence-electron chi connectivity index (χ1n) is 4.49. The summed E-state index contributed by atoms with van der Waals surface area (Å²) in [5.74, 6) is 0. The number of ether oxygens (including phenoxy) is 1. The van der Waals surface area contributed by atoms with Crippen LogP contribution >= 0.6 is 0 Å². The number of hydrogen-bond acceptors (Lipinski definition) is 3. The van der Waals surface area contributed by atoms with Crippen LogP contribution in [0.4, 0.5) is 0 Å². The fourth-order valence-corrected chi connectivity index (χ4v) is 1.33. The lowest BCUT2D eigenvalue weighted by Crippen LogP contribution is -2.52. The molecule has 0 aliphatic carbocycles. The molecular formula is C9H21NO2. The molecule has 0 radical (unpaired) electrons. The predicted octanol–water partition coefficient (Wildman–Crippen LogP) is 0.772. The molecule has 0 aromatic heterocycles. The van der Waals surface area contributed by atoms with E-state index in [1.807, 2.05) is 6.92 Å². The SMILES string of the molecule is CCNC(C)(CCO)C(C)OC. The number of nitrogens with one attached hydrogen (secondary N) is 1. The third-order valence-corrected chi connectivity index (χ3v) is 2.46. The summed E-state index contributed by atoms with van der Waals surface area (Å²) < 4.78 is 5.25. The Morgan fingerprint density at radius 2 is 2.17 bits per heavy atom. The summed E-state index contributed by atoms with van der Waals surface area (Å²) in [7, 11) is 1.69. The number of likely N-dealkylation sites (N-methyl/N-ethyl adjacent to an activating group) is 1. The van der Waals surface area contributed by atoms with Crippen LogP contribution in [-0.4, -0.2) is 37.0 Å². The van der Waals surface area contributed by atoms with Crippen LogP contribution in [0.1, 0.15) is 27.2 Å². The van der Waals surface area contributed by atoms with Crippen LogP contribution in [0.25, 0.3) is 0 Å². The maximum absolute atomic E-state index is 8.88. The lowest BCUT2D eigenvalue weighted by Gasteiger charge is -2.35. The number of hydrogen-bond donors (Lipinski definition) is 2. The molecule has 0 saturated carbocycles. The van der Waals surface area contributed by atoms with Gasteiger partial charge in [-0.1, -0.05) is 6.92 Å². The van der Waals surface area contributed by atoms with Crippen LogP contribution in [0.3, 0.4) is 0 Å². The highest BCUT2D eigenvalue weighted by atomic mass is 16.5. The minimum absolute atomic E-state index is 0.113. The zero-order valence-corrected chi connectivity index (χ0v) is 8.55. The Hall–Kier alpha value is -0.120. The summed E-state index contributed by atoms with van der Waals surface area (Å²) in [6.07, 6.45) is 0.833. The van der Waals surface area contributed by atoms with Gasteiger partial charge in [0.1, 0.15) is 0 Å². The summed E-state index contributed by atoms with van der Waals surface area (Å²) in [5.41, 5.74) is -0.113. The highest BCUT2D eigenvalue weighted by Crippen LogP contribution is 2.16. The van der Waals surface area contributed by atoms with E-state index in [0.29, 0.717) is 0 Å². The minimum Gasteiger partial charge on any atom is -0.396 e. The zero-order chi connectivity index (χ0) is 9.61. The van der Waals surface area contributed by atoms with Crippen LogP contribution in [0, 0.1) is 0 Å². The molecule has 0 bridgehead atoms. The molecule has 0 aliphatic rings. The van der Waals surface area contributed by atoms with Crippen molar-refractivity contribution in [2.45, 2.75) is 38.8 Å². The van der Waals surface area contributed by atoms with E-state index in [0.717, 1.165) is 13.0 Å². The number of aliphatic hydroxyl groups is 1.